The molecule has 2 nitrogen and oxygen atoms in total. The number of para-hydroxylation sites is 2. The monoisotopic (exact) mass is 400 g/mol. The second kappa shape index (κ2) is 7.48. The molecule has 31 heavy (non-hydrogen) atoms. The lowest BCUT2D eigenvalue weighted by Crippen LogP contribution is -2.15. The highest BCUT2D eigenvalue weighted by Gasteiger charge is 2.25. The molecule has 0 spiro atoms. The highest BCUT2D eigenvalue weighted by Crippen LogP contribution is 2.40. The first-order chi connectivity index (χ1) is 15.3. The number of benzene rings is 5. The van der Waals surface area contributed by atoms with Gasteiger partial charge in [0, 0.05) is 0 Å². The van der Waals surface area contributed by atoms with Gasteiger partial charge in [-0.05, 0) is 63.4 Å². The Bertz CT molecular complexity index is 1280. The van der Waals surface area contributed by atoms with Gasteiger partial charge in [0.25, 0.3) is 0 Å². The highest BCUT2D eigenvalue weighted by molar-refractivity contribution is 5.84. The van der Waals surface area contributed by atoms with Crippen LogP contribution in [0, 0.1) is 0 Å². The molecule has 1 heterocycles. The van der Waals surface area contributed by atoms with Gasteiger partial charge in [-0.1, -0.05) is 84.9 Å². The van der Waals surface area contributed by atoms with Crippen LogP contribution in [-0.2, 0) is 0 Å². The maximum Gasteiger partial charge on any atom is 0.0580 e. The summed E-state index contributed by atoms with van der Waals surface area (Å²) in [4.78, 5) is 0. The molecule has 0 radical (unpaired) electrons. The van der Waals surface area contributed by atoms with Crippen molar-refractivity contribution in [2.24, 2.45) is 0 Å². The minimum atomic E-state index is 0.220. The van der Waals surface area contributed by atoms with E-state index in [0.717, 1.165) is 17.8 Å². The SMILES string of the molecule is c1ccc2c(c1)NC(c1ccc3ccccc3c1)CC(c1ccc3ccccc3c1)N2. The smallest absolute Gasteiger partial charge is 0.0580 e. The zero-order chi connectivity index (χ0) is 20.6. The number of hydrogen-bond donors (Lipinski definition) is 2. The summed E-state index contributed by atoms with van der Waals surface area (Å²) >= 11 is 0. The Labute approximate surface area is 182 Å². The first kappa shape index (κ1) is 18.0. The fraction of sp³-hybridized carbons (Fsp3) is 0.103. The molecule has 0 bridgehead atoms. The van der Waals surface area contributed by atoms with Gasteiger partial charge in [-0.3, -0.25) is 0 Å². The van der Waals surface area contributed by atoms with E-state index < -0.39 is 0 Å². The lowest BCUT2D eigenvalue weighted by molar-refractivity contribution is 0.624. The van der Waals surface area contributed by atoms with Crippen LogP contribution in [0.3, 0.4) is 0 Å². The molecular formula is C29H24N2. The summed E-state index contributed by atoms with van der Waals surface area (Å²) in [7, 11) is 0. The van der Waals surface area contributed by atoms with E-state index in [4.69, 9.17) is 0 Å². The zero-order valence-electron chi connectivity index (χ0n) is 17.3. The summed E-state index contributed by atoms with van der Waals surface area (Å²) in [6.07, 6.45) is 0.964. The number of rotatable bonds is 2. The van der Waals surface area contributed by atoms with Crippen LogP contribution in [0.1, 0.15) is 29.6 Å². The second-order valence-electron chi connectivity index (χ2n) is 8.39. The quantitative estimate of drug-likeness (QED) is 0.317. The summed E-state index contributed by atoms with van der Waals surface area (Å²) in [6.45, 7) is 0. The molecule has 0 saturated carbocycles. The largest absolute Gasteiger partial charge is 0.376 e. The van der Waals surface area contributed by atoms with Gasteiger partial charge >= 0.3 is 0 Å². The third-order valence-electron chi connectivity index (χ3n) is 6.41. The van der Waals surface area contributed by atoms with Gasteiger partial charge in [0.1, 0.15) is 0 Å². The molecule has 1 aliphatic rings. The Hall–Kier alpha value is -3.78. The molecule has 0 amide bonds. The van der Waals surface area contributed by atoms with Gasteiger partial charge < -0.3 is 10.6 Å². The van der Waals surface area contributed by atoms with E-state index in [9.17, 15) is 0 Å². The van der Waals surface area contributed by atoms with Gasteiger partial charge in [0.05, 0.1) is 23.5 Å². The normalized spacial score (nSPS) is 18.1. The molecule has 0 fully saturated rings. The van der Waals surface area contributed by atoms with Crippen LogP contribution in [0.2, 0.25) is 0 Å². The Morgan fingerprint density at radius 3 is 1.35 bits per heavy atom. The molecular weight excluding hydrogens is 376 g/mol. The third kappa shape index (κ3) is 3.40. The average Bonchev–Trinajstić information content (AvgIpc) is 3.03. The molecule has 0 aliphatic carbocycles. The van der Waals surface area contributed by atoms with Gasteiger partial charge in [-0.15, -0.1) is 0 Å². The van der Waals surface area contributed by atoms with Crippen molar-refractivity contribution in [2.45, 2.75) is 18.5 Å². The summed E-state index contributed by atoms with van der Waals surface area (Å²) in [6, 6.07) is 39.8. The van der Waals surface area contributed by atoms with Crippen molar-refractivity contribution in [3.63, 3.8) is 0 Å². The highest BCUT2D eigenvalue weighted by atomic mass is 15.0. The molecule has 6 rings (SSSR count). The molecule has 0 aromatic heterocycles. The van der Waals surface area contributed by atoms with Crippen LogP contribution in [0.4, 0.5) is 11.4 Å². The average molecular weight is 401 g/mol. The third-order valence-corrected chi connectivity index (χ3v) is 6.41. The maximum absolute atomic E-state index is 3.81. The number of hydrogen-bond acceptors (Lipinski definition) is 2. The van der Waals surface area contributed by atoms with Crippen LogP contribution >= 0.6 is 0 Å². The predicted octanol–water partition coefficient (Wildman–Crippen LogP) is 7.70. The van der Waals surface area contributed by atoms with Crippen molar-refractivity contribution in [3.8, 4) is 0 Å². The van der Waals surface area contributed by atoms with E-state index in [0.29, 0.717) is 0 Å². The van der Waals surface area contributed by atoms with Crippen molar-refractivity contribution in [2.75, 3.05) is 10.6 Å². The summed E-state index contributed by atoms with van der Waals surface area (Å²) in [5.41, 5.74) is 4.96. The maximum atomic E-state index is 3.81. The van der Waals surface area contributed by atoms with Crippen molar-refractivity contribution in [3.05, 3.63) is 120 Å². The fourth-order valence-electron chi connectivity index (χ4n) is 4.75. The Balaban J connectivity index is 1.44. The van der Waals surface area contributed by atoms with Crippen molar-refractivity contribution in [1.82, 2.24) is 0 Å². The van der Waals surface area contributed by atoms with Crippen LogP contribution < -0.4 is 10.6 Å². The van der Waals surface area contributed by atoms with Crippen molar-refractivity contribution >= 4 is 32.9 Å². The summed E-state index contributed by atoms with van der Waals surface area (Å²) in [5.74, 6) is 0. The summed E-state index contributed by atoms with van der Waals surface area (Å²) in [5, 5.41) is 12.8. The lowest BCUT2D eigenvalue weighted by atomic mass is 9.93. The number of fused-ring (bicyclic) bond motifs is 3. The minimum Gasteiger partial charge on any atom is -0.376 e. The molecule has 2 N–H and O–H groups in total. The molecule has 2 atom stereocenters. The first-order valence-corrected chi connectivity index (χ1v) is 10.9. The molecule has 5 aromatic rings. The van der Waals surface area contributed by atoms with Gasteiger partial charge in [0.15, 0.2) is 0 Å². The van der Waals surface area contributed by atoms with Gasteiger partial charge in [-0.25, -0.2) is 0 Å². The van der Waals surface area contributed by atoms with E-state index in [1.165, 1.54) is 32.7 Å². The molecule has 0 saturated heterocycles. The van der Waals surface area contributed by atoms with Crippen LogP contribution in [0.25, 0.3) is 21.5 Å². The van der Waals surface area contributed by atoms with Gasteiger partial charge in [-0.2, -0.15) is 0 Å². The van der Waals surface area contributed by atoms with E-state index >= 15 is 0 Å². The van der Waals surface area contributed by atoms with Gasteiger partial charge in [0.2, 0.25) is 0 Å². The van der Waals surface area contributed by atoms with E-state index in [1.54, 1.807) is 0 Å². The van der Waals surface area contributed by atoms with E-state index in [1.807, 2.05) is 0 Å². The predicted molar refractivity (Wildman–Crippen MR) is 132 cm³/mol. The molecule has 5 aromatic carbocycles. The lowest BCUT2D eigenvalue weighted by Gasteiger charge is -2.23. The van der Waals surface area contributed by atoms with Crippen LogP contribution in [0.15, 0.2) is 109 Å². The molecule has 2 unspecified atom stereocenters. The topological polar surface area (TPSA) is 24.1 Å². The number of anilines is 2. The standard InChI is InChI=1S/C29H24N2/c1-3-9-22-17-24(15-13-20(22)7-1)28-19-29(31-27-12-6-5-11-26(27)30-28)25-16-14-21-8-2-4-10-23(21)18-25/h1-18,28-31H,19H2. The Morgan fingerprint density at radius 1 is 0.452 bits per heavy atom. The van der Waals surface area contributed by atoms with Crippen LogP contribution in [0.5, 0.6) is 0 Å². The van der Waals surface area contributed by atoms with Crippen molar-refractivity contribution < 1.29 is 0 Å². The van der Waals surface area contributed by atoms with E-state index in [2.05, 4.69) is 120 Å². The Morgan fingerprint density at radius 2 is 0.871 bits per heavy atom. The summed E-state index contributed by atoms with van der Waals surface area (Å²) < 4.78 is 0. The minimum absolute atomic E-state index is 0.220. The van der Waals surface area contributed by atoms with E-state index in [-0.39, 0.29) is 12.1 Å². The molecule has 1 aliphatic heterocycles. The zero-order valence-corrected chi connectivity index (χ0v) is 17.3. The Kier molecular flexibility index (Phi) is 4.35. The van der Waals surface area contributed by atoms with Crippen molar-refractivity contribution in [1.29, 1.82) is 0 Å². The fourth-order valence-corrected chi connectivity index (χ4v) is 4.75. The first-order valence-electron chi connectivity index (χ1n) is 10.9. The second-order valence-corrected chi connectivity index (χ2v) is 8.39. The van der Waals surface area contributed by atoms with Crippen LogP contribution in [-0.4, -0.2) is 0 Å². The molecule has 150 valence electrons. The number of nitrogens with one attached hydrogen (secondary N) is 2. The molecule has 2 heteroatoms.